The van der Waals surface area contributed by atoms with Gasteiger partial charge in [0.25, 0.3) is 0 Å². The first-order valence-corrected chi connectivity index (χ1v) is 13.4. The zero-order chi connectivity index (χ0) is 28.8. The molecule has 19 heteroatoms. The molecule has 6 atom stereocenters. The van der Waals surface area contributed by atoms with Crippen LogP contribution in [-0.4, -0.2) is 91.6 Å². The third-order valence-corrected chi connectivity index (χ3v) is 8.89. The van der Waals surface area contributed by atoms with Crippen LogP contribution in [0.3, 0.4) is 0 Å². The zero-order valence-corrected chi connectivity index (χ0v) is 32.2. The molecule has 3 amide bonds. The van der Waals surface area contributed by atoms with Gasteiger partial charge in [-0.2, -0.15) is 11.3 Å². The monoisotopic (exact) mass is 665 g/mol. The number of aliphatic hydroxyl groups excluding tert-OH is 1. The maximum absolute atomic E-state index is 12.4. The smallest absolute Gasteiger partial charge is 0.549 e. The Kier molecular flexibility index (Phi) is 15.3. The van der Waals surface area contributed by atoms with Gasteiger partial charge in [-0.05, 0) is 42.3 Å². The number of ether oxygens (including phenoxy) is 1. The number of carboxylic acid groups (broad SMARTS) is 3. The second-order valence-corrected chi connectivity index (χ2v) is 12.0. The van der Waals surface area contributed by atoms with Gasteiger partial charge < -0.3 is 49.8 Å². The normalized spacial score (nSPS) is 27.5. The van der Waals surface area contributed by atoms with Crippen LogP contribution in [0.1, 0.15) is 31.7 Å². The average Bonchev–Trinajstić information content (AvgIpc) is 3.52. The number of rotatable bonds is 7. The van der Waals surface area contributed by atoms with E-state index < -0.39 is 70.1 Å². The van der Waals surface area contributed by atoms with Crippen LogP contribution >= 0.6 is 23.1 Å². The number of hydrogen-bond acceptors (Lipinski definition) is 13. The molecule has 42 heavy (non-hydrogen) atoms. The molecule has 14 nitrogen and oxygen atoms in total. The van der Waals surface area contributed by atoms with Crippen LogP contribution in [0.25, 0.3) is 0 Å². The molecular weight excluding hydrogens is 643 g/mol. The Morgan fingerprint density at radius 1 is 1.17 bits per heavy atom. The van der Waals surface area contributed by atoms with Crippen LogP contribution in [0.15, 0.2) is 28.7 Å². The molecule has 210 valence electrons. The number of aliphatic hydroxyl groups is 1. The summed E-state index contributed by atoms with van der Waals surface area (Å²) in [5.74, 6) is -7.44. The predicted molar refractivity (Wildman–Crippen MR) is 125 cm³/mol. The van der Waals surface area contributed by atoms with Gasteiger partial charge in [0.05, 0.1) is 37.0 Å². The summed E-state index contributed by atoms with van der Waals surface area (Å²) in [5, 5.41) is 47.0. The first kappa shape index (κ1) is 40.0. The van der Waals surface area contributed by atoms with Crippen molar-refractivity contribution in [3.8, 4) is 0 Å². The average molecular weight is 666 g/mol. The number of hydrogen-bond donors (Lipinski definition) is 2. The molecule has 0 spiro atoms. The molecule has 4 aliphatic heterocycles. The molecule has 5 rings (SSSR count). The van der Waals surface area contributed by atoms with Crippen molar-refractivity contribution in [2.24, 2.45) is 0 Å². The molecule has 1 aromatic rings. The number of fused-ring (bicyclic) bond motifs is 2. The van der Waals surface area contributed by atoms with Crippen molar-refractivity contribution >= 4 is 58.7 Å². The van der Waals surface area contributed by atoms with Gasteiger partial charge in [-0.1, -0.05) is 0 Å². The number of nitrogens with zero attached hydrogens (tertiary/aromatic N) is 2. The number of carboxylic acids is 3. The van der Waals surface area contributed by atoms with Crippen molar-refractivity contribution in [3.63, 3.8) is 0 Å². The topological polar surface area (TPSA) is 220 Å². The fourth-order valence-electron chi connectivity index (χ4n) is 4.84. The Labute approximate surface area is 335 Å². The van der Waals surface area contributed by atoms with Gasteiger partial charge in [-0.3, -0.25) is 19.3 Å². The molecule has 5 heterocycles. The number of thiophene rings is 1. The first-order chi connectivity index (χ1) is 18.3. The Hall–Kier alpha value is 0.00636. The van der Waals surface area contributed by atoms with E-state index in [0.717, 1.165) is 4.90 Å². The Balaban J connectivity index is 0.000000446. The van der Waals surface area contributed by atoms with E-state index in [4.69, 9.17) is 9.84 Å². The molecule has 0 aromatic carbocycles. The number of nitrogens with one attached hydrogen (secondary N) is 1. The molecule has 0 unspecified atom stereocenters. The fraction of sp³-hybridized carbons (Fsp3) is 0.478. The zero-order valence-electron chi connectivity index (χ0n) is 23.4. The van der Waals surface area contributed by atoms with Gasteiger partial charge in [-0.25, -0.2) is 0 Å². The molecule has 4 aliphatic rings. The summed E-state index contributed by atoms with van der Waals surface area (Å²) in [7, 11) is 0. The minimum absolute atomic E-state index is 0. The molecule has 0 bridgehead atoms. The van der Waals surface area contributed by atoms with E-state index in [0.29, 0.717) is 0 Å². The maximum Gasteiger partial charge on any atom is 1.00 e. The molecule has 0 saturated carbocycles. The number of β-lactam (4-membered cyclic amide) rings is 2. The molecule has 4 fully saturated rings. The SMILES string of the molecule is CC1(C)S[C@@H]2[C@H](NC(=O)[C@H](C(=O)[O-])c3ccsc3)C(=O)N2[C@H]1C(=O)[O-].O=C([O-])[C@H]1/C(=C/CO)O[C@@H]2CC(=O)N21.[K+].[Na+].[Na+]. The van der Waals surface area contributed by atoms with Crippen LogP contribution in [0.4, 0.5) is 0 Å². The second-order valence-electron chi connectivity index (χ2n) is 9.46. The largest absolute Gasteiger partial charge is 1.00 e. The Morgan fingerprint density at radius 3 is 2.29 bits per heavy atom. The van der Waals surface area contributed by atoms with Crippen LogP contribution in [0, 0.1) is 0 Å². The molecule has 0 radical (unpaired) electrons. The summed E-state index contributed by atoms with van der Waals surface area (Å²) in [6.45, 7) is 3.03. The number of amides is 3. The first-order valence-electron chi connectivity index (χ1n) is 11.5. The van der Waals surface area contributed by atoms with E-state index in [2.05, 4.69) is 5.32 Å². The van der Waals surface area contributed by atoms with Crippen LogP contribution < -0.4 is 131 Å². The van der Waals surface area contributed by atoms with Crippen molar-refractivity contribution in [3.05, 3.63) is 34.2 Å². The number of carbonyl (C=O) groups excluding carboxylic acids is 6. The summed E-state index contributed by atoms with van der Waals surface area (Å²) >= 11 is 2.47. The van der Waals surface area contributed by atoms with Crippen LogP contribution in [0.2, 0.25) is 0 Å². The van der Waals surface area contributed by atoms with Crippen LogP contribution in [0.5, 0.6) is 0 Å². The predicted octanol–water partition coefficient (Wildman–Crippen LogP) is -13.5. The van der Waals surface area contributed by atoms with Crippen molar-refractivity contribution in [2.75, 3.05) is 6.61 Å². The van der Waals surface area contributed by atoms with E-state index in [-0.39, 0.29) is 141 Å². The number of carbonyl (C=O) groups is 6. The van der Waals surface area contributed by atoms with Gasteiger partial charge in [0.2, 0.25) is 17.7 Å². The summed E-state index contributed by atoms with van der Waals surface area (Å²) in [6, 6.07) is -1.74. The third kappa shape index (κ3) is 7.68. The summed E-state index contributed by atoms with van der Waals surface area (Å²) < 4.78 is 4.35. The molecular formula is C23H22KN3Na2O11S2. The van der Waals surface area contributed by atoms with E-state index >= 15 is 0 Å². The Morgan fingerprint density at radius 2 is 1.81 bits per heavy atom. The fourth-order valence-corrected chi connectivity index (χ4v) is 7.15. The summed E-state index contributed by atoms with van der Waals surface area (Å²) in [4.78, 5) is 71.4. The van der Waals surface area contributed by atoms with Crippen molar-refractivity contribution in [2.45, 2.75) is 60.7 Å². The molecule has 2 N–H and O–H groups in total. The minimum atomic E-state index is -1.56. The number of aliphatic carboxylic acids is 3. The molecule has 1 aromatic heterocycles. The minimum Gasteiger partial charge on any atom is -0.549 e. The van der Waals surface area contributed by atoms with Gasteiger partial charge in [0, 0.05) is 4.75 Å². The third-order valence-electron chi connectivity index (χ3n) is 6.62. The summed E-state index contributed by atoms with van der Waals surface area (Å²) in [6.07, 6.45) is 0.918. The van der Waals surface area contributed by atoms with E-state index in [1.807, 2.05) is 0 Å². The van der Waals surface area contributed by atoms with Crippen molar-refractivity contribution in [1.29, 1.82) is 0 Å². The van der Waals surface area contributed by atoms with E-state index in [9.17, 15) is 44.1 Å². The van der Waals surface area contributed by atoms with Crippen LogP contribution in [-0.2, 0) is 33.5 Å². The Bertz CT molecular complexity index is 1270. The van der Waals surface area contributed by atoms with Gasteiger partial charge >= 0.3 is 110 Å². The summed E-state index contributed by atoms with van der Waals surface area (Å²) in [5.41, 5.74) is 0.276. The number of thioether (sulfide) groups is 1. The molecule has 4 saturated heterocycles. The van der Waals surface area contributed by atoms with E-state index in [1.165, 1.54) is 45.5 Å². The van der Waals surface area contributed by atoms with E-state index in [1.54, 1.807) is 19.2 Å². The van der Waals surface area contributed by atoms with Gasteiger partial charge in [0.1, 0.15) is 29.1 Å². The van der Waals surface area contributed by atoms with Gasteiger partial charge in [0.15, 0.2) is 6.23 Å². The van der Waals surface area contributed by atoms with Crippen molar-refractivity contribution in [1.82, 2.24) is 15.1 Å². The standard InChI is InChI=1S/C15H16N2O6S2.C8H9NO5.K.2Na/c1-15(2)9(14(22)23)17-11(19)8(12(17)25-15)16-10(18)7(13(20)21)6-3-4-24-5-6;10-2-1-4-7(8(12)13)9-5(11)3-6(9)14-4;;;/h3-5,7-9,12H,1-2H3,(H,16,18)(H,20,21)(H,22,23);1,6-7,10H,2-3H2,(H,12,13);;;/q;;3*+1/p-3/b;4-1-;;;/t7-,8-,9+,12-;6-,7-;;;/m11.../s1. The second kappa shape index (κ2) is 16.0. The van der Waals surface area contributed by atoms with Gasteiger partial charge in [-0.15, -0.1) is 11.8 Å². The maximum atomic E-state index is 12.4. The van der Waals surface area contributed by atoms with Crippen molar-refractivity contribution < 1.29 is 164 Å². The molecule has 0 aliphatic carbocycles. The quantitative estimate of drug-likeness (QED) is 0.158.